The molecule has 0 bridgehead atoms. The van der Waals surface area contributed by atoms with E-state index in [1.54, 1.807) is 17.0 Å². The Morgan fingerprint density at radius 2 is 2.54 bits per heavy atom. The van der Waals surface area contributed by atoms with E-state index >= 15 is 0 Å². The van der Waals surface area contributed by atoms with Crippen LogP contribution in [-0.4, -0.2) is 22.0 Å². The summed E-state index contributed by atoms with van der Waals surface area (Å²) in [6, 6.07) is 0. The minimum absolute atomic E-state index is 0.0376. The van der Waals surface area contributed by atoms with Crippen LogP contribution in [0.15, 0.2) is 12.4 Å². The third kappa shape index (κ3) is 2.77. The molecule has 0 fully saturated rings. The van der Waals surface area contributed by atoms with Crippen LogP contribution < -0.4 is 11.1 Å². The summed E-state index contributed by atoms with van der Waals surface area (Å²) < 4.78 is 1.75. The van der Waals surface area contributed by atoms with Crippen molar-refractivity contribution in [1.82, 2.24) is 14.9 Å². The highest BCUT2D eigenvalue weighted by atomic mass is 16.1. The first-order valence-electron chi connectivity index (χ1n) is 4.27. The Kier molecular flexibility index (Phi) is 3.31. The summed E-state index contributed by atoms with van der Waals surface area (Å²) in [5.41, 5.74) is 5.52. The van der Waals surface area contributed by atoms with Crippen molar-refractivity contribution in [3.8, 4) is 0 Å². The predicted octanol–water partition coefficient (Wildman–Crippen LogP) is -0.00850. The van der Waals surface area contributed by atoms with Crippen LogP contribution in [0.1, 0.15) is 13.3 Å². The van der Waals surface area contributed by atoms with Crippen LogP contribution in [0.3, 0.4) is 0 Å². The first kappa shape index (κ1) is 9.57. The van der Waals surface area contributed by atoms with E-state index in [0.717, 1.165) is 0 Å². The Hall–Kier alpha value is -1.52. The Balaban J connectivity index is 2.35. The quantitative estimate of drug-likeness (QED) is 0.688. The number of rotatable bonds is 4. The lowest BCUT2D eigenvalue weighted by Crippen LogP contribution is -2.23. The molecule has 13 heavy (non-hydrogen) atoms. The average molecular weight is 182 g/mol. The molecule has 1 aromatic heterocycles. The largest absolute Gasteiger partial charge is 0.369 e. The summed E-state index contributed by atoms with van der Waals surface area (Å²) in [6.07, 6.45) is 3.82. The van der Waals surface area contributed by atoms with E-state index in [-0.39, 0.29) is 5.91 Å². The number of imidazole rings is 1. The lowest BCUT2D eigenvalue weighted by molar-refractivity contribution is -0.121. The lowest BCUT2D eigenvalue weighted by Gasteiger charge is -2.04. The van der Waals surface area contributed by atoms with Crippen molar-refractivity contribution in [3.05, 3.63) is 12.4 Å². The molecule has 0 aliphatic rings. The van der Waals surface area contributed by atoms with Crippen LogP contribution >= 0.6 is 0 Å². The van der Waals surface area contributed by atoms with Gasteiger partial charge in [-0.3, -0.25) is 4.79 Å². The number of nitrogens with one attached hydrogen (secondary N) is 1. The van der Waals surface area contributed by atoms with Crippen molar-refractivity contribution in [2.45, 2.75) is 19.9 Å². The van der Waals surface area contributed by atoms with Gasteiger partial charge in [-0.2, -0.15) is 0 Å². The molecule has 5 nitrogen and oxygen atoms in total. The zero-order valence-electron chi connectivity index (χ0n) is 7.66. The second-order valence-corrected chi connectivity index (χ2v) is 2.68. The highest BCUT2D eigenvalue weighted by molar-refractivity contribution is 5.75. The van der Waals surface area contributed by atoms with Gasteiger partial charge in [-0.15, -0.1) is 0 Å². The van der Waals surface area contributed by atoms with Crippen molar-refractivity contribution >= 4 is 11.9 Å². The number of carbonyl (C=O) groups is 1. The molecule has 1 rings (SSSR count). The fourth-order valence-corrected chi connectivity index (χ4v) is 1.04. The van der Waals surface area contributed by atoms with Crippen molar-refractivity contribution in [3.63, 3.8) is 0 Å². The number of hydrogen-bond acceptors (Lipinski definition) is 3. The third-order valence-corrected chi connectivity index (χ3v) is 1.70. The summed E-state index contributed by atoms with van der Waals surface area (Å²) in [4.78, 5) is 14.9. The maximum absolute atomic E-state index is 11.1. The number of aryl methyl sites for hydroxylation is 1. The van der Waals surface area contributed by atoms with Gasteiger partial charge in [0.25, 0.3) is 0 Å². The van der Waals surface area contributed by atoms with Gasteiger partial charge in [-0.25, -0.2) is 4.98 Å². The van der Waals surface area contributed by atoms with Crippen LogP contribution in [0.2, 0.25) is 0 Å². The Morgan fingerprint density at radius 3 is 3.08 bits per heavy atom. The number of nitrogens with zero attached hydrogens (tertiary/aromatic N) is 2. The molecular weight excluding hydrogens is 168 g/mol. The molecule has 0 saturated carbocycles. The van der Waals surface area contributed by atoms with Crippen molar-refractivity contribution in [2.75, 3.05) is 12.3 Å². The maximum atomic E-state index is 11.1. The number of amides is 1. The monoisotopic (exact) mass is 182 g/mol. The van der Waals surface area contributed by atoms with E-state index < -0.39 is 0 Å². The van der Waals surface area contributed by atoms with Gasteiger partial charge >= 0.3 is 0 Å². The molecule has 1 heterocycles. The zero-order valence-corrected chi connectivity index (χ0v) is 7.66. The van der Waals surface area contributed by atoms with E-state index in [9.17, 15) is 4.79 Å². The van der Waals surface area contributed by atoms with Gasteiger partial charge in [0, 0.05) is 31.9 Å². The van der Waals surface area contributed by atoms with Gasteiger partial charge in [0.05, 0.1) is 0 Å². The number of nitrogens with two attached hydrogens (primary N) is 1. The molecule has 0 aliphatic heterocycles. The number of hydrogen-bond donors (Lipinski definition) is 2. The van der Waals surface area contributed by atoms with E-state index in [2.05, 4.69) is 10.3 Å². The smallest absolute Gasteiger partial charge is 0.221 e. The summed E-state index contributed by atoms with van der Waals surface area (Å²) in [5.74, 6) is 0.486. The molecule has 0 atom stereocenters. The minimum atomic E-state index is 0.0376. The first-order valence-corrected chi connectivity index (χ1v) is 4.27. The van der Waals surface area contributed by atoms with E-state index in [1.165, 1.54) is 0 Å². The van der Waals surface area contributed by atoms with Gasteiger partial charge in [-0.1, -0.05) is 0 Å². The van der Waals surface area contributed by atoms with Crippen LogP contribution in [0, 0.1) is 0 Å². The SMILES string of the molecule is CCNC(=O)CCn1ccnc1N. The minimum Gasteiger partial charge on any atom is -0.369 e. The highest BCUT2D eigenvalue weighted by Gasteiger charge is 2.01. The number of aromatic nitrogens is 2. The number of nitrogen functional groups attached to an aromatic ring is 1. The summed E-state index contributed by atoms with van der Waals surface area (Å²) in [5, 5.41) is 2.71. The normalized spacial score (nSPS) is 9.92. The van der Waals surface area contributed by atoms with Gasteiger partial charge < -0.3 is 15.6 Å². The summed E-state index contributed by atoms with van der Waals surface area (Å²) in [6.45, 7) is 3.14. The second kappa shape index (κ2) is 4.49. The molecule has 1 aromatic rings. The molecule has 0 saturated heterocycles. The molecule has 72 valence electrons. The molecule has 0 unspecified atom stereocenters. The Morgan fingerprint density at radius 1 is 1.77 bits per heavy atom. The van der Waals surface area contributed by atoms with Gasteiger partial charge in [0.2, 0.25) is 5.91 Å². The molecule has 0 aliphatic carbocycles. The second-order valence-electron chi connectivity index (χ2n) is 2.68. The molecule has 0 radical (unpaired) electrons. The third-order valence-electron chi connectivity index (χ3n) is 1.70. The fraction of sp³-hybridized carbons (Fsp3) is 0.500. The van der Waals surface area contributed by atoms with Crippen LogP contribution in [0.4, 0.5) is 5.95 Å². The highest BCUT2D eigenvalue weighted by Crippen LogP contribution is 1.99. The molecular formula is C8H14N4O. The van der Waals surface area contributed by atoms with Crippen LogP contribution in [0.5, 0.6) is 0 Å². The molecule has 1 amide bonds. The van der Waals surface area contributed by atoms with Gasteiger partial charge in [0.15, 0.2) is 5.95 Å². The van der Waals surface area contributed by atoms with Gasteiger partial charge in [0.1, 0.15) is 0 Å². The fourth-order valence-electron chi connectivity index (χ4n) is 1.04. The zero-order chi connectivity index (χ0) is 9.68. The lowest BCUT2D eigenvalue weighted by atomic mass is 10.4. The summed E-state index contributed by atoms with van der Waals surface area (Å²) in [7, 11) is 0. The summed E-state index contributed by atoms with van der Waals surface area (Å²) >= 11 is 0. The van der Waals surface area contributed by atoms with E-state index in [0.29, 0.717) is 25.5 Å². The van der Waals surface area contributed by atoms with E-state index in [4.69, 9.17) is 5.73 Å². The molecule has 0 aromatic carbocycles. The van der Waals surface area contributed by atoms with Crippen molar-refractivity contribution in [1.29, 1.82) is 0 Å². The van der Waals surface area contributed by atoms with Crippen LogP contribution in [-0.2, 0) is 11.3 Å². The first-order chi connectivity index (χ1) is 6.24. The van der Waals surface area contributed by atoms with E-state index in [1.807, 2.05) is 6.92 Å². The van der Waals surface area contributed by atoms with Crippen LogP contribution in [0.25, 0.3) is 0 Å². The molecule has 0 spiro atoms. The molecule has 3 N–H and O–H groups in total. The Labute approximate surface area is 76.9 Å². The predicted molar refractivity (Wildman–Crippen MR) is 49.9 cm³/mol. The average Bonchev–Trinajstić information content (AvgIpc) is 2.48. The Bertz CT molecular complexity index is 281. The maximum Gasteiger partial charge on any atom is 0.221 e. The standard InChI is InChI=1S/C8H14N4O/c1-2-10-7(13)3-5-12-6-4-11-8(12)9/h4,6H,2-3,5H2,1H3,(H2,9,11)(H,10,13). The topological polar surface area (TPSA) is 72.9 Å². The van der Waals surface area contributed by atoms with Crippen molar-refractivity contribution < 1.29 is 4.79 Å². The van der Waals surface area contributed by atoms with Crippen molar-refractivity contribution in [2.24, 2.45) is 0 Å². The molecule has 5 heteroatoms. The number of carbonyl (C=O) groups excluding carboxylic acids is 1. The number of anilines is 1. The van der Waals surface area contributed by atoms with Gasteiger partial charge in [-0.05, 0) is 6.92 Å².